The molecule has 0 spiro atoms. The van der Waals surface area contributed by atoms with Gasteiger partial charge in [-0.25, -0.2) is 9.78 Å². The molecule has 1 N–H and O–H groups in total. The summed E-state index contributed by atoms with van der Waals surface area (Å²) in [6.07, 6.45) is -2.10. The number of aromatic nitrogens is 1. The van der Waals surface area contributed by atoms with Crippen LogP contribution in [0, 0.1) is 0 Å². The fraction of sp³-hybridized carbons (Fsp3) is 0.143. The van der Waals surface area contributed by atoms with Crippen LogP contribution in [0.1, 0.15) is 39.2 Å². The molecule has 27 heavy (non-hydrogen) atoms. The molecule has 0 atom stereocenters. The van der Waals surface area contributed by atoms with Crippen molar-refractivity contribution in [1.82, 2.24) is 4.98 Å². The zero-order chi connectivity index (χ0) is 19.2. The molecule has 0 bridgehead atoms. The van der Waals surface area contributed by atoms with Crippen molar-refractivity contribution in [2.45, 2.75) is 19.0 Å². The number of carboxylic acid groups (broad SMARTS) is 1. The second-order valence-electron chi connectivity index (χ2n) is 6.39. The zero-order valence-corrected chi connectivity index (χ0v) is 14.0. The maximum atomic E-state index is 13.3. The van der Waals surface area contributed by atoms with Crippen LogP contribution in [0.3, 0.4) is 0 Å². The van der Waals surface area contributed by atoms with Gasteiger partial charge in [0.1, 0.15) is 0 Å². The second-order valence-corrected chi connectivity index (χ2v) is 6.39. The smallest absolute Gasteiger partial charge is 0.416 e. The van der Waals surface area contributed by atoms with Gasteiger partial charge < -0.3 is 5.11 Å². The van der Waals surface area contributed by atoms with Crippen molar-refractivity contribution in [2.75, 3.05) is 0 Å². The number of nitrogens with zero attached hydrogens (tertiary/aromatic N) is 1. The predicted molar refractivity (Wildman–Crippen MR) is 96.3 cm³/mol. The maximum Gasteiger partial charge on any atom is 0.416 e. The number of carbonyl (C=O) groups is 1. The Kier molecular flexibility index (Phi) is 3.98. The molecule has 3 aromatic rings. The molecule has 4 rings (SSSR count). The number of hydrogen-bond acceptors (Lipinski definition) is 2. The topological polar surface area (TPSA) is 50.2 Å². The summed E-state index contributed by atoms with van der Waals surface area (Å²) in [4.78, 5) is 16.4. The van der Waals surface area contributed by atoms with Crippen LogP contribution in [-0.2, 0) is 12.6 Å². The number of fused-ring (bicyclic) bond motifs is 2. The first-order valence-corrected chi connectivity index (χ1v) is 8.38. The third kappa shape index (κ3) is 2.97. The lowest BCUT2D eigenvalue weighted by atomic mass is 10.00. The van der Waals surface area contributed by atoms with E-state index in [1.54, 1.807) is 30.3 Å². The highest BCUT2D eigenvalue weighted by Gasteiger charge is 2.33. The van der Waals surface area contributed by atoms with Crippen molar-refractivity contribution in [3.05, 3.63) is 76.5 Å². The fourth-order valence-electron chi connectivity index (χ4n) is 3.59. The van der Waals surface area contributed by atoms with Crippen molar-refractivity contribution in [3.8, 4) is 0 Å². The predicted octanol–water partition coefficient (Wildman–Crippen LogP) is 5.44. The Labute approximate surface area is 152 Å². The van der Waals surface area contributed by atoms with E-state index in [0.717, 1.165) is 6.07 Å². The van der Waals surface area contributed by atoms with Gasteiger partial charge in [-0.3, -0.25) is 0 Å². The molecule has 0 aliphatic heterocycles. The average molecular weight is 369 g/mol. The molecule has 0 saturated heterocycles. The molecule has 1 aliphatic rings. The monoisotopic (exact) mass is 369 g/mol. The lowest BCUT2D eigenvalue weighted by Gasteiger charge is -2.11. The Hall–Kier alpha value is -3.15. The number of allylic oxidation sites excluding steroid dienone is 1. The number of pyridine rings is 1. The van der Waals surface area contributed by atoms with E-state index in [-0.39, 0.29) is 11.1 Å². The fourth-order valence-corrected chi connectivity index (χ4v) is 3.59. The Morgan fingerprint density at radius 3 is 2.48 bits per heavy atom. The Balaban J connectivity index is 1.93. The van der Waals surface area contributed by atoms with Crippen molar-refractivity contribution < 1.29 is 23.1 Å². The van der Waals surface area contributed by atoms with Crippen LogP contribution in [0.2, 0.25) is 0 Å². The third-order valence-corrected chi connectivity index (χ3v) is 4.75. The summed E-state index contributed by atoms with van der Waals surface area (Å²) < 4.78 is 39.8. The summed E-state index contributed by atoms with van der Waals surface area (Å²) in [7, 11) is 0. The van der Waals surface area contributed by atoms with Gasteiger partial charge in [-0.1, -0.05) is 36.4 Å². The highest BCUT2D eigenvalue weighted by molar-refractivity contribution is 6.06. The quantitative estimate of drug-likeness (QED) is 0.654. The van der Waals surface area contributed by atoms with Crippen LogP contribution in [0.15, 0.2) is 48.5 Å². The molecule has 0 unspecified atom stereocenters. The van der Waals surface area contributed by atoms with Gasteiger partial charge in [0.2, 0.25) is 0 Å². The lowest BCUT2D eigenvalue weighted by molar-refractivity contribution is -0.137. The molecule has 2 aromatic carbocycles. The molecular weight excluding hydrogens is 355 g/mol. The van der Waals surface area contributed by atoms with E-state index in [0.29, 0.717) is 40.6 Å². The molecule has 0 radical (unpaired) electrons. The van der Waals surface area contributed by atoms with Crippen LogP contribution < -0.4 is 0 Å². The van der Waals surface area contributed by atoms with E-state index in [2.05, 4.69) is 4.98 Å². The number of halogens is 3. The number of para-hydroxylation sites is 1. The molecule has 0 saturated carbocycles. The zero-order valence-electron chi connectivity index (χ0n) is 14.0. The van der Waals surface area contributed by atoms with Gasteiger partial charge in [0, 0.05) is 5.39 Å². The minimum absolute atomic E-state index is 0.0553. The van der Waals surface area contributed by atoms with Crippen LogP contribution in [-0.4, -0.2) is 16.1 Å². The molecule has 1 aliphatic carbocycles. The van der Waals surface area contributed by atoms with Crippen molar-refractivity contribution in [2.24, 2.45) is 0 Å². The van der Waals surface area contributed by atoms with Gasteiger partial charge in [-0.05, 0) is 47.8 Å². The highest BCUT2D eigenvalue weighted by Crippen LogP contribution is 2.39. The van der Waals surface area contributed by atoms with Crippen molar-refractivity contribution in [3.63, 3.8) is 0 Å². The van der Waals surface area contributed by atoms with Crippen molar-refractivity contribution in [1.29, 1.82) is 0 Å². The van der Waals surface area contributed by atoms with E-state index < -0.39 is 17.7 Å². The van der Waals surface area contributed by atoms with Crippen LogP contribution in [0.5, 0.6) is 0 Å². The number of rotatable bonds is 2. The lowest BCUT2D eigenvalue weighted by Crippen LogP contribution is -2.07. The second kappa shape index (κ2) is 6.23. The summed E-state index contributed by atoms with van der Waals surface area (Å²) in [6, 6.07) is 12.3. The van der Waals surface area contributed by atoms with Gasteiger partial charge in [0.05, 0.1) is 22.3 Å². The van der Waals surface area contributed by atoms with Crippen molar-refractivity contribution >= 4 is 28.5 Å². The van der Waals surface area contributed by atoms with Gasteiger partial charge in [-0.2, -0.15) is 13.2 Å². The van der Waals surface area contributed by atoms with Crippen LogP contribution in [0.4, 0.5) is 13.2 Å². The molecule has 3 nitrogen and oxygen atoms in total. The van der Waals surface area contributed by atoms with Gasteiger partial charge in [0.25, 0.3) is 0 Å². The first-order chi connectivity index (χ1) is 12.9. The summed E-state index contributed by atoms with van der Waals surface area (Å²) in [6.45, 7) is 0. The number of alkyl halides is 3. The Bertz CT molecular complexity index is 1100. The number of carboxylic acids is 1. The average Bonchev–Trinajstić information content (AvgIpc) is 3.01. The third-order valence-electron chi connectivity index (χ3n) is 4.75. The van der Waals surface area contributed by atoms with E-state index in [1.165, 1.54) is 18.2 Å². The highest BCUT2D eigenvalue weighted by atomic mass is 19.4. The molecule has 1 heterocycles. The van der Waals surface area contributed by atoms with E-state index >= 15 is 0 Å². The molecule has 0 fully saturated rings. The standard InChI is InChI=1S/C21H14F3NO2/c22-21(23,24)16-7-3-1-5-12(16)11-13-9-10-15-18(20(26)27)14-6-2-4-8-17(14)25-19(13)15/h1-8,11H,9-10H2,(H,26,27)/b13-11+. The van der Waals surface area contributed by atoms with Gasteiger partial charge in [-0.15, -0.1) is 0 Å². The maximum absolute atomic E-state index is 13.3. The van der Waals surface area contributed by atoms with E-state index in [1.807, 2.05) is 0 Å². The summed E-state index contributed by atoms with van der Waals surface area (Å²) >= 11 is 0. The van der Waals surface area contributed by atoms with E-state index in [9.17, 15) is 23.1 Å². The molecular formula is C21H14F3NO2. The van der Waals surface area contributed by atoms with Crippen LogP contribution in [0.25, 0.3) is 22.6 Å². The normalized spacial score (nSPS) is 15.3. The SMILES string of the molecule is O=C(O)c1c2c(nc3ccccc13)/C(=C/c1ccccc1C(F)(F)F)CC2. The minimum Gasteiger partial charge on any atom is -0.478 e. The Morgan fingerprint density at radius 1 is 1.04 bits per heavy atom. The Morgan fingerprint density at radius 2 is 1.74 bits per heavy atom. The minimum atomic E-state index is -4.46. The molecule has 0 amide bonds. The van der Waals surface area contributed by atoms with E-state index in [4.69, 9.17) is 0 Å². The first kappa shape index (κ1) is 17.3. The molecule has 136 valence electrons. The number of hydrogen-bond donors (Lipinski definition) is 1. The van der Waals surface area contributed by atoms with Gasteiger partial charge >= 0.3 is 12.1 Å². The first-order valence-electron chi connectivity index (χ1n) is 8.38. The molecule has 6 heteroatoms. The number of aromatic carboxylic acids is 1. The summed E-state index contributed by atoms with van der Waals surface area (Å²) in [5, 5.41) is 10.2. The van der Waals surface area contributed by atoms with Crippen LogP contribution >= 0.6 is 0 Å². The number of benzene rings is 2. The summed E-state index contributed by atoms with van der Waals surface area (Å²) in [5.74, 6) is -1.05. The molecule has 1 aromatic heterocycles. The van der Waals surface area contributed by atoms with Gasteiger partial charge in [0.15, 0.2) is 0 Å². The summed E-state index contributed by atoms with van der Waals surface area (Å²) in [5.41, 5.74) is 1.72. The largest absolute Gasteiger partial charge is 0.478 e.